The first-order chi connectivity index (χ1) is 13.5. The van der Waals surface area contributed by atoms with Crippen molar-refractivity contribution in [1.29, 1.82) is 5.26 Å². The molecule has 6 nitrogen and oxygen atoms in total. The summed E-state index contributed by atoms with van der Waals surface area (Å²) in [5.74, 6) is 0.127. The maximum Gasteiger partial charge on any atom is 0.230 e. The minimum atomic E-state index is -0.0924. The van der Waals surface area contributed by atoms with Crippen LogP contribution in [0.15, 0.2) is 48.0 Å². The first-order valence-electron chi connectivity index (χ1n) is 8.84. The number of rotatable bonds is 6. The Labute approximate surface area is 168 Å². The number of nitrogens with one attached hydrogen (secondary N) is 1. The van der Waals surface area contributed by atoms with Crippen LogP contribution in [-0.4, -0.2) is 26.2 Å². The lowest BCUT2D eigenvalue weighted by Crippen LogP contribution is -2.24. The molecule has 0 aliphatic carbocycles. The molecule has 3 aromatic rings. The highest BCUT2D eigenvalue weighted by molar-refractivity contribution is 8.00. The summed E-state index contributed by atoms with van der Waals surface area (Å²) in [4.78, 5) is 20.7. The number of aromatic nitrogens is 3. The van der Waals surface area contributed by atoms with Gasteiger partial charge in [0.1, 0.15) is 11.1 Å². The molecule has 1 amide bonds. The topological polar surface area (TPSA) is 83.6 Å². The molecule has 2 heterocycles. The molecule has 0 saturated carbocycles. The molecule has 28 heavy (non-hydrogen) atoms. The third-order valence-corrected chi connectivity index (χ3v) is 5.62. The zero-order valence-electron chi connectivity index (χ0n) is 16.1. The number of imidazole rings is 1. The Morgan fingerprint density at radius 1 is 1.21 bits per heavy atom. The van der Waals surface area contributed by atoms with Crippen LogP contribution in [0.3, 0.4) is 0 Å². The number of thioether (sulfide) groups is 1. The molecule has 0 aliphatic heterocycles. The monoisotopic (exact) mass is 391 g/mol. The van der Waals surface area contributed by atoms with Crippen LogP contribution in [0.25, 0.3) is 5.69 Å². The van der Waals surface area contributed by atoms with E-state index >= 15 is 0 Å². The van der Waals surface area contributed by atoms with Crippen LogP contribution in [0, 0.1) is 32.1 Å². The van der Waals surface area contributed by atoms with E-state index in [-0.39, 0.29) is 11.7 Å². The van der Waals surface area contributed by atoms with Gasteiger partial charge in [-0.25, -0.2) is 9.97 Å². The van der Waals surface area contributed by atoms with Crippen molar-refractivity contribution in [3.8, 4) is 11.8 Å². The number of hydrogen-bond acceptors (Lipinski definition) is 5. The van der Waals surface area contributed by atoms with Crippen LogP contribution in [0.1, 0.15) is 27.9 Å². The van der Waals surface area contributed by atoms with Crippen molar-refractivity contribution in [1.82, 2.24) is 19.9 Å². The largest absolute Gasteiger partial charge is 0.351 e. The fraction of sp³-hybridized carbons (Fsp3) is 0.238. The Kier molecular flexibility index (Phi) is 6.12. The zero-order chi connectivity index (χ0) is 20.1. The van der Waals surface area contributed by atoms with E-state index in [9.17, 15) is 10.1 Å². The molecule has 0 atom stereocenters. The smallest absolute Gasteiger partial charge is 0.230 e. The lowest BCUT2D eigenvalue weighted by Gasteiger charge is -2.11. The lowest BCUT2D eigenvalue weighted by molar-refractivity contribution is -0.118. The molecule has 0 radical (unpaired) electrons. The van der Waals surface area contributed by atoms with Gasteiger partial charge >= 0.3 is 0 Å². The van der Waals surface area contributed by atoms with Crippen molar-refractivity contribution in [3.05, 3.63) is 70.9 Å². The molecular weight excluding hydrogens is 370 g/mol. The van der Waals surface area contributed by atoms with Gasteiger partial charge in [0.15, 0.2) is 0 Å². The highest BCUT2D eigenvalue weighted by Gasteiger charge is 2.14. The van der Waals surface area contributed by atoms with Gasteiger partial charge in [-0.2, -0.15) is 5.26 Å². The van der Waals surface area contributed by atoms with Crippen molar-refractivity contribution in [3.63, 3.8) is 0 Å². The van der Waals surface area contributed by atoms with E-state index in [0.29, 0.717) is 17.1 Å². The summed E-state index contributed by atoms with van der Waals surface area (Å²) in [6, 6.07) is 10.1. The van der Waals surface area contributed by atoms with Gasteiger partial charge < -0.3 is 9.88 Å². The van der Waals surface area contributed by atoms with Gasteiger partial charge in [0, 0.05) is 30.3 Å². The number of hydrogen-bond donors (Lipinski definition) is 1. The summed E-state index contributed by atoms with van der Waals surface area (Å²) in [5.41, 5.74) is 5.41. The number of carbonyl (C=O) groups is 1. The second kappa shape index (κ2) is 8.72. The molecular formula is C21H21N5OS. The minimum Gasteiger partial charge on any atom is -0.351 e. The van der Waals surface area contributed by atoms with Gasteiger partial charge in [-0.15, -0.1) is 0 Å². The average molecular weight is 392 g/mol. The van der Waals surface area contributed by atoms with E-state index in [0.717, 1.165) is 28.1 Å². The zero-order valence-corrected chi connectivity index (χ0v) is 16.9. The third kappa shape index (κ3) is 4.41. The third-order valence-electron chi connectivity index (χ3n) is 4.64. The molecule has 7 heteroatoms. The van der Waals surface area contributed by atoms with Crippen molar-refractivity contribution in [2.75, 3.05) is 5.75 Å². The Balaban J connectivity index is 1.56. The quantitative estimate of drug-likeness (QED) is 0.651. The molecule has 2 aromatic heterocycles. The molecule has 0 saturated heterocycles. The van der Waals surface area contributed by atoms with Gasteiger partial charge in [0.2, 0.25) is 5.91 Å². The predicted octanol–water partition coefficient (Wildman–Crippen LogP) is 3.47. The van der Waals surface area contributed by atoms with Gasteiger partial charge in [-0.1, -0.05) is 23.9 Å². The number of nitriles is 1. The first kappa shape index (κ1) is 19.6. The van der Waals surface area contributed by atoms with E-state index in [4.69, 9.17) is 0 Å². The van der Waals surface area contributed by atoms with Gasteiger partial charge in [0.05, 0.1) is 17.6 Å². The Morgan fingerprint density at radius 3 is 2.61 bits per heavy atom. The van der Waals surface area contributed by atoms with Crippen LogP contribution in [0.4, 0.5) is 0 Å². The SMILES string of the molecule is Cc1nc(SCC(=O)NCc2ccc(-n3ccnc3)cc2)c(C#N)c(C)c1C. The molecule has 0 fully saturated rings. The molecule has 142 valence electrons. The molecule has 1 aromatic carbocycles. The van der Waals surface area contributed by atoms with E-state index in [1.165, 1.54) is 11.8 Å². The van der Waals surface area contributed by atoms with Crippen LogP contribution in [0.2, 0.25) is 0 Å². The number of aryl methyl sites for hydroxylation is 1. The van der Waals surface area contributed by atoms with Crippen LogP contribution in [0.5, 0.6) is 0 Å². The highest BCUT2D eigenvalue weighted by Crippen LogP contribution is 2.26. The second-order valence-electron chi connectivity index (χ2n) is 6.44. The maximum absolute atomic E-state index is 12.2. The Bertz CT molecular complexity index is 1020. The van der Waals surface area contributed by atoms with Crippen LogP contribution < -0.4 is 5.32 Å². The summed E-state index contributed by atoms with van der Waals surface area (Å²) in [7, 11) is 0. The molecule has 0 bridgehead atoms. The van der Waals surface area contributed by atoms with Gasteiger partial charge in [-0.3, -0.25) is 4.79 Å². The fourth-order valence-corrected chi connectivity index (χ4v) is 3.65. The summed E-state index contributed by atoms with van der Waals surface area (Å²) in [6.45, 7) is 6.24. The summed E-state index contributed by atoms with van der Waals surface area (Å²) in [5, 5.41) is 12.9. The van der Waals surface area contributed by atoms with Crippen LogP contribution in [-0.2, 0) is 11.3 Å². The summed E-state index contributed by atoms with van der Waals surface area (Å²) < 4.78 is 1.92. The van der Waals surface area contributed by atoms with Crippen molar-refractivity contribution in [2.45, 2.75) is 32.3 Å². The summed E-state index contributed by atoms with van der Waals surface area (Å²) in [6.07, 6.45) is 5.35. The van der Waals surface area contributed by atoms with E-state index in [1.807, 2.05) is 55.8 Å². The summed E-state index contributed by atoms with van der Waals surface area (Å²) >= 11 is 1.30. The second-order valence-corrected chi connectivity index (χ2v) is 7.41. The molecule has 0 aliphatic rings. The normalized spacial score (nSPS) is 10.5. The molecule has 0 spiro atoms. The van der Waals surface area contributed by atoms with E-state index < -0.39 is 0 Å². The average Bonchev–Trinajstić information content (AvgIpc) is 3.24. The van der Waals surface area contributed by atoms with Gasteiger partial charge in [-0.05, 0) is 49.6 Å². The Hall–Kier alpha value is -3.11. The number of carbonyl (C=O) groups excluding carboxylic acids is 1. The van der Waals surface area contributed by atoms with Crippen LogP contribution >= 0.6 is 11.8 Å². The van der Waals surface area contributed by atoms with E-state index in [1.54, 1.807) is 12.5 Å². The lowest BCUT2D eigenvalue weighted by atomic mass is 10.1. The number of benzene rings is 1. The first-order valence-corrected chi connectivity index (χ1v) is 9.83. The van der Waals surface area contributed by atoms with E-state index in [2.05, 4.69) is 21.4 Å². The van der Waals surface area contributed by atoms with Crippen molar-refractivity contribution in [2.24, 2.45) is 0 Å². The fourth-order valence-electron chi connectivity index (χ4n) is 2.73. The van der Waals surface area contributed by atoms with Gasteiger partial charge in [0.25, 0.3) is 0 Å². The number of amides is 1. The van der Waals surface area contributed by atoms with Crippen molar-refractivity contribution >= 4 is 17.7 Å². The number of pyridine rings is 1. The van der Waals surface area contributed by atoms with Crippen molar-refractivity contribution < 1.29 is 4.79 Å². The standard InChI is InChI=1S/C21H21N5OS/c1-14-15(2)19(10-22)21(25-16(14)3)28-12-20(27)24-11-17-4-6-18(7-5-17)26-9-8-23-13-26/h4-9,13H,11-12H2,1-3H3,(H,24,27). The number of nitrogens with zero attached hydrogens (tertiary/aromatic N) is 4. The minimum absolute atomic E-state index is 0.0924. The molecule has 1 N–H and O–H groups in total. The highest BCUT2D eigenvalue weighted by atomic mass is 32.2. The predicted molar refractivity (Wildman–Crippen MR) is 109 cm³/mol. The Morgan fingerprint density at radius 2 is 1.96 bits per heavy atom. The molecule has 0 unspecified atom stereocenters. The maximum atomic E-state index is 12.2. The molecule has 3 rings (SSSR count).